The number of benzene rings is 2. The number of hydrogen-bond acceptors (Lipinski definition) is 5. The molecule has 0 aliphatic rings. The van der Waals surface area contributed by atoms with Gasteiger partial charge in [0.1, 0.15) is 11.8 Å². The molecule has 2 rings (SSSR count). The summed E-state index contributed by atoms with van der Waals surface area (Å²) in [5.41, 5.74) is -0.331. The van der Waals surface area contributed by atoms with E-state index in [4.69, 9.17) is 16.3 Å². The van der Waals surface area contributed by atoms with Gasteiger partial charge in [-0.15, -0.1) is 0 Å². The van der Waals surface area contributed by atoms with Crippen molar-refractivity contribution in [3.05, 3.63) is 125 Å². The third-order valence-corrected chi connectivity index (χ3v) is 8.31. The van der Waals surface area contributed by atoms with Gasteiger partial charge in [-0.05, 0) is 113 Å². The van der Waals surface area contributed by atoms with Gasteiger partial charge in [0.05, 0.1) is 0 Å². The van der Waals surface area contributed by atoms with Gasteiger partial charge < -0.3 is 20.7 Å². The van der Waals surface area contributed by atoms with Crippen LogP contribution in [0.25, 0.3) is 0 Å². The van der Waals surface area contributed by atoms with Crippen molar-refractivity contribution >= 4 is 35.1 Å². The molecule has 0 unspecified atom stereocenters. The van der Waals surface area contributed by atoms with Gasteiger partial charge in [-0.25, -0.2) is 0 Å². The van der Waals surface area contributed by atoms with E-state index in [1.165, 1.54) is 0 Å². The van der Waals surface area contributed by atoms with Crippen LogP contribution < -0.4 is 20.7 Å². The number of ketones is 1. The molecule has 9 heteroatoms. The predicted octanol–water partition coefficient (Wildman–Crippen LogP) is 9.02. The van der Waals surface area contributed by atoms with Crippen LogP contribution in [0.2, 0.25) is 5.02 Å². The summed E-state index contributed by atoms with van der Waals surface area (Å²) in [4.78, 5) is 51.3. The highest BCUT2D eigenvalue weighted by Gasteiger charge is 2.34. The van der Waals surface area contributed by atoms with Gasteiger partial charge in [-0.1, -0.05) is 93.1 Å². The van der Waals surface area contributed by atoms with Crippen LogP contribution in [0.5, 0.6) is 5.75 Å². The third-order valence-electron chi connectivity index (χ3n) is 8.06. The predicted molar refractivity (Wildman–Crippen MR) is 217 cm³/mol. The first-order valence-corrected chi connectivity index (χ1v) is 19.0. The van der Waals surface area contributed by atoms with Crippen LogP contribution in [-0.2, 0) is 14.4 Å². The summed E-state index contributed by atoms with van der Waals surface area (Å²) in [6, 6.07) is 12.4. The van der Waals surface area contributed by atoms with Gasteiger partial charge in [0.2, 0.25) is 11.8 Å². The molecule has 2 aromatic rings. The number of allylic oxidation sites excluding steroid dienone is 10. The van der Waals surface area contributed by atoms with Crippen LogP contribution in [0, 0.1) is 5.92 Å². The van der Waals surface area contributed by atoms with E-state index >= 15 is 0 Å². The number of unbranched alkanes of at least 4 members (excludes halogenated alkanes) is 1. The SMILES string of the molecule is CC/C=C\C/C=C\C/C=C\C/C=C\C/C=C\CCCC(=O)NCCNC(=O)[C@@H](NC(=O)C(C)(C)Oc1ccc(C(=O)c2ccc(Cl)cc2)cc1)C(C)C. The monoisotopic (exact) mass is 743 g/mol. The number of halogens is 1. The zero-order chi connectivity index (χ0) is 38.9. The lowest BCUT2D eigenvalue weighted by Gasteiger charge is -2.29. The molecular formula is C44H58ClN3O5. The van der Waals surface area contributed by atoms with E-state index in [0.29, 0.717) is 28.3 Å². The molecule has 0 saturated heterocycles. The number of carbonyl (C=O) groups is 4. The molecule has 0 heterocycles. The van der Waals surface area contributed by atoms with Crippen LogP contribution in [0.1, 0.15) is 102 Å². The smallest absolute Gasteiger partial charge is 0.264 e. The molecule has 0 fully saturated rings. The highest BCUT2D eigenvalue weighted by atomic mass is 35.5. The minimum absolute atomic E-state index is 0.0680. The standard InChI is InChI=1S/C44H58ClN3O5/c1-6-7-8-9-10-11-12-13-14-15-16-17-18-19-20-21-22-23-39(49)46-32-33-47-42(51)40(34(2)3)48-43(52)44(4,5)53-38-30-26-36(27-31-38)41(50)35-24-28-37(45)29-25-35/h7-8,10-11,13-14,16-17,19-20,24-31,34,40H,6,9,12,15,18,21-23,32-33H2,1-5H3,(H,46,49)(H,47,51)(H,48,52)/b8-7-,11-10-,14-13-,17-16-,20-19-/t40-/m0/s1. The fraction of sp³-hybridized carbons (Fsp3) is 0.409. The van der Waals surface area contributed by atoms with Crippen LogP contribution in [-0.4, -0.2) is 48.2 Å². The molecule has 3 N–H and O–H groups in total. The van der Waals surface area contributed by atoms with Crippen molar-refractivity contribution in [2.75, 3.05) is 13.1 Å². The maximum absolute atomic E-state index is 13.2. The van der Waals surface area contributed by atoms with Crippen molar-refractivity contribution in [1.29, 1.82) is 0 Å². The molecule has 0 spiro atoms. The summed E-state index contributed by atoms with van der Waals surface area (Å²) >= 11 is 5.93. The van der Waals surface area contributed by atoms with Crippen molar-refractivity contribution in [2.24, 2.45) is 5.92 Å². The van der Waals surface area contributed by atoms with E-state index in [9.17, 15) is 19.2 Å². The average molecular weight is 744 g/mol. The molecule has 0 saturated carbocycles. The Morgan fingerprint density at radius 1 is 0.717 bits per heavy atom. The summed E-state index contributed by atoms with van der Waals surface area (Å²) in [5.74, 6) is -0.833. The Bertz CT molecular complexity index is 1570. The lowest BCUT2D eigenvalue weighted by molar-refractivity contribution is -0.138. The normalized spacial score (nSPS) is 12.7. The first-order chi connectivity index (χ1) is 25.4. The number of nitrogens with one attached hydrogen (secondary N) is 3. The van der Waals surface area contributed by atoms with Crippen molar-refractivity contribution in [3.8, 4) is 5.75 Å². The maximum atomic E-state index is 13.2. The van der Waals surface area contributed by atoms with Crippen molar-refractivity contribution in [3.63, 3.8) is 0 Å². The second-order valence-corrected chi connectivity index (χ2v) is 13.8. The number of ether oxygens (including phenoxy) is 1. The molecule has 0 aromatic heterocycles. The fourth-order valence-electron chi connectivity index (χ4n) is 4.97. The molecule has 0 radical (unpaired) electrons. The van der Waals surface area contributed by atoms with Crippen LogP contribution in [0.3, 0.4) is 0 Å². The first kappa shape index (κ1) is 44.5. The molecule has 286 valence electrons. The number of hydrogen-bond donors (Lipinski definition) is 3. The van der Waals surface area contributed by atoms with Gasteiger partial charge >= 0.3 is 0 Å². The molecule has 1 atom stereocenters. The Morgan fingerprint density at radius 3 is 1.74 bits per heavy atom. The topological polar surface area (TPSA) is 114 Å². The van der Waals surface area contributed by atoms with E-state index in [0.717, 1.165) is 44.9 Å². The van der Waals surface area contributed by atoms with Gasteiger partial charge in [-0.2, -0.15) is 0 Å². The van der Waals surface area contributed by atoms with Crippen LogP contribution in [0.15, 0.2) is 109 Å². The van der Waals surface area contributed by atoms with E-state index in [1.807, 2.05) is 13.8 Å². The highest BCUT2D eigenvalue weighted by Crippen LogP contribution is 2.22. The lowest BCUT2D eigenvalue weighted by atomic mass is 10.0. The molecular weight excluding hydrogens is 686 g/mol. The largest absolute Gasteiger partial charge is 0.478 e. The zero-order valence-electron chi connectivity index (χ0n) is 32.0. The zero-order valence-corrected chi connectivity index (χ0v) is 32.8. The second-order valence-electron chi connectivity index (χ2n) is 13.4. The molecule has 0 aliphatic heterocycles. The van der Waals surface area contributed by atoms with E-state index in [-0.39, 0.29) is 36.6 Å². The minimum atomic E-state index is -1.31. The average Bonchev–Trinajstić information content (AvgIpc) is 3.13. The van der Waals surface area contributed by atoms with Gasteiger partial charge in [-0.3, -0.25) is 19.2 Å². The molecule has 3 amide bonds. The molecule has 2 aromatic carbocycles. The Morgan fingerprint density at radius 2 is 1.21 bits per heavy atom. The minimum Gasteiger partial charge on any atom is -0.478 e. The summed E-state index contributed by atoms with van der Waals surface area (Å²) < 4.78 is 5.97. The number of amides is 3. The molecule has 53 heavy (non-hydrogen) atoms. The number of rotatable bonds is 24. The molecule has 0 aliphatic carbocycles. The number of carbonyl (C=O) groups excluding carboxylic acids is 4. The quantitative estimate of drug-likeness (QED) is 0.0564. The summed E-state index contributed by atoms with van der Waals surface area (Å²) in [6.45, 7) is 9.57. The van der Waals surface area contributed by atoms with E-state index in [1.54, 1.807) is 62.4 Å². The van der Waals surface area contributed by atoms with Gasteiger partial charge in [0.15, 0.2) is 11.4 Å². The van der Waals surface area contributed by atoms with E-state index < -0.39 is 17.6 Å². The fourth-order valence-corrected chi connectivity index (χ4v) is 5.09. The van der Waals surface area contributed by atoms with Gasteiger partial charge in [0, 0.05) is 35.7 Å². The Hall–Kier alpha value is -4.69. The Kier molecular flexibility index (Phi) is 21.2. The first-order valence-electron chi connectivity index (χ1n) is 18.6. The van der Waals surface area contributed by atoms with Gasteiger partial charge in [0.25, 0.3) is 5.91 Å². The third kappa shape index (κ3) is 18.6. The van der Waals surface area contributed by atoms with Crippen molar-refractivity contribution < 1.29 is 23.9 Å². The highest BCUT2D eigenvalue weighted by molar-refractivity contribution is 6.30. The maximum Gasteiger partial charge on any atom is 0.264 e. The summed E-state index contributed by atoms with van der Waals surface area (Å²) in [5, 5.41) is 9.01. The molecule has 8 nitrogen and oxygen atoms in total. The van der Waals surface area contributed by atoms with Crippen LogP contribution >= 0.6 is 11.6 Å². The molecule has 0 bridgehead atoms. The summed E-state index contributed by atoms with van der Waals surface area (Å²) in [7, 11) is 0. The Labute approximate surface area is 321 Å². The van der Waals surface area contributed by atoms with E-state index in [2.05, 4.69) is 83.6 Å². The summed E-state index contributed by atoms with van der Waals surface area (Å²) in [6.07, 6.45) is 28.4. The van der Waals surface area contributed by atoms with Crippen molar-refractivity contribution in [1.82, 2.24) is 16.0 Å². The lowest BCUT2D eigenvalue weighted by Crippen LogP contribution is -2.56. The van der Waals surface area contributed by atoms with Crippen molar-refractivity contribution in [2.45, 2.75) is 97.6 Å². The Balaban J connectivity index is 1.65. The second kappa shape index (κ2) is 25.3. The van der Waals surface area contributed by atoms with Crippen LogP contribution in [0.4, 0.5) is 0 Å².